The SMILES string of the molecule is CNN(C)C(=O)N(N)c1ccc(C)c(C)c1CO/N=C(\C)OC. The van der Waals surface area contributed by atoms with E-state index in [1.165, 1.54) is 12.1 Å². The highest BCUT2D eigenvalue weighted by Crippen LogP contribution is 2.26. The van der Waals surface area contributed by atoms with Gasteiger partial charge in [-0.05, 0) is 31.0 Å². The molecular weight excluding hydrogens is 298 g/mol. The van der Waals surface area contributed by atoms with Gasteiger partial charge in [-0.2, -0.15) is 0 Å². The fourth-order valence-corrected chi connectivity index (χ4v) is 1.85. The van der Waals surface area contributed by atoms with Gasteiger partial charge in [-0.1, -0.05) is 11.2 Å². The summed E-state index contributed by atoms with van der Waals surface area (Å²) >= 11 is 0. The molecule has 2 amide bonds. The normalized spacial score (nSPS) is 11.2. The number of carbonyl (C=O) groups is 1. The Balaban J connectivity index is 3.12. The van der Waals surface area contributed by atoms with Crippen LogP contribution in [0.25, 0.3) is 0 Å². The van der Waals surface area contributed by atoms with Gasteiger partial charge in [0.05, 0.1) is 12.8 Å². The molecular formula is C15H25N5O3. The number of nitrogens with one attached hydrogen (secondary N) is 1. The zero-order chi connectivity index (χ0) is 17.6. The van der Waals surface area contributed by atoms with E-state index < -0.39 is 6.03 Å². The molecule has 8 nitrogen and oxygen atoms in total. The van der Waals surface area contributed by atoms with Crippen LogP contribution in [0.4, 0.5) is 10.5 Å². The van der Waals surface area contributed by atoms with Gasteiger partial charge >= 0.3 is 6.03 Å². The Kier molecular flexibility index (Phi) is 6.80. The minimum Gasteiger partial charge on any atom is -0.482 e. The van der Waals surface area contributed by atoms with Gasteiger partial charge in [0.25, 0.3) is 0 Å². The zero-order valence-electron chi connectivity index (χ0n) is 14.5. The summed E-state index contributed by atoms with van der Waals surface area (Å²) in [4.78, 5) is 17.5. The summed E-state index contributed by atoms with van der Waals surface area (Å²) in [6.45, 7) is 5.79. The van der Waals surface area contributed by atoms with Gasteiger partial charge < -0.3 is 9.57 Å². The average Bonchev–Trinajstić information content (AvgIpc) is 2.56. The van der Waals surface area contributed by atoms with Crippen LogP contribution in [0.3, 0.4) is 0 Å². The third-order valence-electron chi connectivity index (χ3n) is 3.63. The lowest BCUT2D eigenvalue weighted by atomic mass is 10.0. The van der Waals surface area contributed by atoms with E-state index in [9.17, 15) is 4.79 Å². The third kappa shape index (κ3) is 4.57. The highest BCUT2D eigenvalue weighted by Gasteiger charge is 2.20. The molecule has 0 aliphatic carbocycles. The second-order valence-corrected chi connectivity index (χ2v) is 5.03. The van der Waals surface area contributed by atoms with E-state index in [-0.39, 0.29) is 6.61 Å². The Morgan fingerprint density at radius 1 is 1.39 bits per heavy atom. The molecule has 0 atom stereocenters. The minimum absolute atomic E-state index is 0.174. The number of oxime groups is 1. The Bertz CT molecular complexity index is 589. The molecule has 1 aromatic rings. The molecule has 8 heteroatoms. The molecule has 23 heavy (non-hydrogen) atoms. The molecule has 0 unspecified atom stereocenters. The summed E-state index contributed by atoms with van der Waals surface area (Å²) in [5.74, 6) is 6.39. The lowest BCUT2D eigenvalue weighted by Crippen LogP contribution is -2.50. The van der Waals surface area contributed by atoms with Gasteiger partial charge in [0.1, 0.15) is 6.61 Å². The molecule has 0 saturated heterocycles. The molecule has 128 valence electrons. The molecule has 0 saturated carbocycles. The molecule has 3 N–H and O–H groups in total. The van der Waals surface area contributed by atoms with Crippen molar-refractivity contribution < 1.29 is 14.4 Å². The molecule has 0 aliphatic heterocycles. The monoisotopic (exact) mass is 323 g/mol. The van der Waals surface area contributed by atoms with Crippen LogP contribution in [-0.2, 0) is 16.2 Å². The van der Waals surface area contributed by atoms with Gasteiger partial charge in [0, 0.05) is 26.6 Å². The second-order valence-electron chi connectivity index (χ2n) is 5.03. The van der Waals surface area contributed by atoms with Crippen LogP contribution in [0, 0.1) is 13.8 Å². The molecule has 1 aromatic carbocycles. The van der Waals surface area contributed by atoms with Crippen LogP contribution in [0.1, 0.15) is 23.6 Å². The largest absolute Gasteiger partial charge is 0.482 e. The van der Waals surface area contributed by atoms with Gasteiger partial charge in [-0.15, -0.1) is 0 Å². The number of nitrogens with zero attached hydrogens (tertiary/aromatic N) is 3. The molecule has 0 bridgehead atoms. The van der Waals surface area contributed by atoms with Crippen LogP contribution in [0.2, 0.25) is 0 Å². The number of ether oxygens (including phenoxy) is 1. The molecule has 0 aliphatic rings. The highest BCUT2D eigenvalue weighted by molar-refractivity contribution is 5.91. The third-order valence-corrected chi connectivity index (χ3v) is 3.63. The first-order valence-electron chi connectivity index (χ1n) is 7.13. The summed E-state index contributed by atoms with van der Waals surface area (Å²) < 4.78 is 4.92. The number of methoxy groups -OCH3 is 1. The second kappa shape index (κ2) is 8.35. The van der Waals surface area contributed by atoms with Crippen LogP contribution in [-0.4, -0.2) is 38.1 Å². The Morgan fingerprint density at radius 2 is 2.04 bits per heavy atom. The van der Waals surface area contributed by atoms with Crippen molar-refractivity contribution in [3.63, 3.8) is 0 Å². The summed E-state index contributed by atoms with van der Waals surface area (Å²) in [5, 5.41) is 6.20. The number of hydrogen-bond donors (Lipinski definition) is 2. The molecule has 0 radical (unpaired) electrons. The van der Waals surface area contributed by atoms with Crippen LogP contribution >= 0.6 is 0 Å². The maximum Gasteiger partial charge on any atom is 0.352 e. The van der Waals surface area contributed by atoms with Crippen molar-refractivity contribution in [2.45, 2.75) is 27.4 Å². The Labute approximate surface area is 136 Å². The minimum atomic E-state index is -0.395. The highest BCUT2D eigenvalue weighted by atomic mass is 16.6. The number of benzene rings is 1. The fourth-order valence-electron chi connectivity index (χ4n) is 1.85. The number of aryl methyl sites for hydroxylation is 1. The number of urea groups is 1. The summed E-state index contributed by atoms with van der Waals surface area (Å²) in [7, 11) is 4.74. The quantitative estimate of drug-likeness (QED) is 0.283. The van der Waals surface area contributed by atoms with Crippen molar-refractivity contribution in [2.24, 2.45) is 11.0 Å². The van der Waals surface area contributed by atoms with E-state index in [4.69, 9.17) is 15.4 Å². The number of rotatable bonds is 5. The molecule has 0 fully saturated rings. The van der Waals surface area contributed by atoms with Crippen LogP contribution in [0.5, 0.6) is 0 Å². The molecule has 0 heterocycles. The maximum atomic E-state index is 12.2. The van der Waals surface area contributed by atoms with Crippen LogP contribution in [0.15, 0.2) is 17.3 Å². The van der Waals surface area contributed by atoms with E-state index >= 15 is 0 Å². The van der Waals surface area contributed by atoms with Crippen molar-refractivity contribution in [2.75, 3.05) is 26.2 Å². The van der Waals surface area contributed by atoms with Gasteiger partial charge in [-0.3, -0.25) is 5.01 Å². The fraction of sp³-hybridized carbons (Fsp3) is 0.467. The smallest absolute Gasteiger partial charge is 0.352 e. The zero-order valence-corrected chi connectivity index (χ0v) is 14.5. The van der Waals surface area contributed by atoms with Crippen molar-refractivity contribution >= 4 is 17.6 Å². The van der Waals surface area contributed by atoms with Crippen molar-refractivity contribution in [1.82, 2.24) is 10.4 Å². The van der Waals surface area contributed by atoms with Gasteiger partial charge in [-0.25, -0.2) is 21.1 Å². The average molecular weight is 323 g/mol. The number of hydrogen-bond acceptors (Lipinski definition) is 6. The predicted octanol–water partition coefficient (Wildman–Crippen LogP) is 1.67. The van der Waals surface area contributed by atoms with E-state index in [2.05, 4.69) is 10.6 Å². The predicted molar refractivity (Wildman–Crippen MR) is 89.7 cm³/mol. The van der Waals surface area contributed by atoms with E-state index in [1.807, 2.05) is 19.9 Å². The topological polar surface area (TPSA) is 92.4 Å². The number of hydrazine groups is 2. The first-order chi connectivity index (χ1) is 10.8. The lowest BCUT2D eigenvalue weighted by molar-refractivity contribution is 0.121. The standard InChI is InChI=1S/C15H25N5O3/c1-10-7-8-14(20(16)15(21)19(5)17-4)13(11(10)2)9-23-18-12(3)22-6/h7-8,17H,9,16H2,1-6H3/b18-12+. The Morgan fingerprint density at radius 3 is 2.61 bits per heavy atom. The van der Waals surface area contributed by atoms with Gasteiger partial charge in [0.2, 0.25) is 5.90 Å². The van der Waals surface area contributed by atoms with Crippen LogP contribution < -0.4 is 16.3 Å². The first-order valence-corrected chi connectivity index (χ1v) is 7.13. The van der Waals surface area contributed by atoms with E-state index in [0.717, 1.165) is 21.7 Å². The number of anilines is 1. The molecule has 1 rings (SSSR count). The van der Waals surface area contributed by atoms with Crippen molar-refractivity contribution in [3.05, 3.63) is 28.8 Å². The summed E-state index contributed by atoms with van der Waals surface area (Å²) in [6.07, 6.45) is 0. The summed E-state index contributed by atoms with van der Waals surface area (Å²) in [5.41, 5.74) is 6.13. The molecule has 0 aromatic heterocycles. The first kappa shape index (κ1) is 18.7. The summed E-state index contributed by atoms with van der Waals surface area (Å²) in [6, 6.07) is 3.30. The maximum absolute atomic E-state index is 12.2. The number of carbonyl (C=O) groups excluding carboxylic acids is 1. The molecule has 0 spiro atoms. The van der Waals surface area contributed by atoms with E-state index in [0.29, 0.717) is 11.6 Å². The van der Waals surface area contributed by atoms with Gasteiger partial charge in [0.15, 0.2) is 0 Å². The number of nitrogens with two attached hydrogens (primary N) is 1. The number of amides is 2. The van der Waals surface area contributed by atoms with Crippen molar-refractivity contribution in [1.29, 1.82) is 0 Å². The van der Waals surface area contributed by atoms with Crippen molar-refractivity contribution in [3.8, 4) is 0 Å². The lowest BCUT2D eigenvalue weighted by Gasteiger charge is -2.26. The van der Waals surface area contributed by atoms with E-state index in [1.54, 1.807) is 27.1 Å². The Hall–Kier alpha value is -2.32.